The topological polar surface area (TPSA) is 82.4 Å². The Bertz CT molecular complexity index is 1190. The largest absolute Gasteiger partial charge is 0.484 e. The molecule has 8 nitrogen and oxygen atoms in total. The smallest absolute Gasteiger partial charge is 0.225 e. The molecule has 166 valence electrons. The van der Waals surface area contributed by atoms with Gasteiger partial charge in [0.05, 0.1) is 37.4 Å². The normalized spacial score (nSPS) is 25.8. The highest BCUT2D eigenvalue weighted by Gasteiger charge is 2.45. The summed E-state index contributed by atoms with van der Waals surface area (Å²) in [6.45, 7) is 6.24. The van der Waals surface area contributed by atoms with Gasteiger partial charge in [-0.25, -0.2) is 4.68 Å². The zero-order valence-corrected chi connectivity index (χ0v) is 18.4. The number of nitrogens with zero attached hydrogens (tertiary/aromatic N) is 5. The number of rotatable bonds is 5. The summed E-state index contributed by atoms with van der Waals surface area (Å²) < 4.78 is 13.6. The third-order valence-corrected chi connectivity index (χ3v) is 7.03. The molecule has 4 atom stereocenters. The number of benzene rings is 1. The summed E-state index contributed by atoms with van der Waals surface area (Å²) in [7, 11) is 0. The van der Waals surface area contributed by atoms with Gasteiger partial charge in [-0.15, -0.1) is 5.10 Å². The minimum absolute atomic E-state index is 0.0456. The predicted octanol–water partition coefficient (Wildman–Crippen LogP) is 3.22. The summed E-state index contributed by atoms with van der Waals surface area (Å²) >= 11 is 0. The molecule has 3 aromatic rings. The van der Waals surface area contributed by atoms with Crippen molar-refractivity contribution in [2.24, 2.45) is 5.92 Å². The molecule has 1 aliphatic carbocycles. The fourth-order valence-corrected chi connectivity index (χ4v) is 4.98. The number of fused-ring (bicyclic) bond motifs is 3. The molecule has 3 unspecified atom stereocenters. The van der Waals surface area contributed by atoms with E-state index in [0.29, 0.717) is 25.0 Å². The number of likely N-dealkylation sites (tertiary alicyclic amines) is 1. The quantitative estimate of drug-likeness (QED) is 0.615. The van der Waals surface area contributed by atoms with Crippen LogP contribution in [0.15, 0.2) is 30.6 Å². The van der Waals surface area contributed by atoms with Crippen LogP contribution in [-0.4, -0.2) is 50.0 Å². The molecular weight excluding hydrogens is 406 g/mol. The molecule has 2 fully saturated rings. The molecule has 6 rings (SSSR count). The van der Waals surface area contributed by atoms with E-state index in [-0.39, 0.29) is 18.1 Å². The third-order valence-electron chi connectivity index (χ3n) is 7.03. The molecule has 2 aromatic heterocycles. The van der Waals surface area contributed by atoms with Gasteiger partial charge in [-0.05, 0) is 55.0 Å². The van der Waals surface area contributed by atoms with E-state index in [0.717, 1.165) is 53.9 Å². The van der Waals surface area contributed by atoms with Crippen molar-refractivity contribution in [1.82, 2.24) is 24.9 Å². The molecular formula is C24H27N5O3. The minimum atomic E-state index is -0.256. The summed E-state index contributed by atoms with van der Waals surface area (Å²) in [6, 6.07) is 6.48. The second-order valence-corrected chi connectivity index (χ2v) is 9.31. The number of aromatic nitrogens is 4. The molecule has 4 heterocycles. The summed E-state index contributed by atoms with van der Waals surface area (Å²) in [6.07, 6.45) is 6.07. The van der Waals surface area contributed by atoms with Crippen LogP contribution in [-0.2, 0) is 22.6 Å². The lowest BCUT2D eigenvalue weighted by Crippen LogP contribution is -2.28. The zero-order chi connectivity index (χ0) is 21.8. The molecule has 8 heteroatoms. The molecule has 0 bridgehead atoms. The lowest BCUT2D eigenvalue weighted by Gasteiger charge is -2.19. The van der Waals surface area contributed by atoms with E-state index in [2.05, 4.69) is 28.3 Å². The summed E-state index contributed by atoms with van der Waals surface area (Å²) in [5.74, 6) is 1.63. The SMILES string of the molecule is CC1CC1N1CC(n2cc([C@@H](C)Oc3ccc4ncc5c(c4c3)CCOC5)nn2)CC1=O. The molecule has 1 amide bonds. The van der Waals surface area contributed by atoms with E-state index in [1.54, 1.807) is 0 Å². The Morgan fingerprint density at radius 1 is 1.31 bits per heavy atom. The molecule has 3 aliphatic rings. The van der Waals surface area contributed by atoms with Crippen molar-refractivity contribution in [1.29, 1.82) is 0 Å². The van der Waals surface area contributed by atoms with Crippen LogP contribution in [0.1, 0.15) is 55.7 Å². The van der Waals surface area contributed by atoms with Crippen LogP contribution in [0, 0.1) is 5.92 Å². The molecule has 0 N–H and O–H groups in total. The Kier molecular flexibility index (Phi) is 4.64. The van der Waals surface area contributed by atoms with Crippen molar-refractivity contribution in [3.05, 3.63) is 47.4 Å². The number of pyridine rings is 1. The monoisotopic (exact) mass is 433 g/mol. The number of ether oxygens (including phenoxy) is 2. The Morgan fingerprint density at radius 3 is 3.03 bits per heavy atom. The zero-order valence-electron chi connectivity index (χ0n) is 18.4. The molecule has 1 saturated heterocycles. The predicted molar refractivity (Wildman–Crippen MR) is 117 cm³/mol. The average Bonchev–Trinajstić information content (AvgIpc) is 3.17. The molecule has 32 heavy (non-hydrogen) atoms. The Hall–Kier alpha value is -3.00. The van der Waals surface area contributed by atoms with Crippen LogP contribution in [0.2, 0.25) is 0 Å². The van der Waals surface area contributed by atoms with E-state index < -0.39 is 0 Å². The summed E-state index contributed by atoms with van der Waals surface area (Å²) in [5.41, 5.74) is 4.18. The second kappa shape index (κ2) is 7.55. The Morgan fingerprint density at radius 2 is 2.19 bits per heavy atom. The van der Waals surface area contributed by atoms with Crippen molar-refractivity contribution in [3.63, 3.8) is 0 Å². The van der Waals surface area contributed by atoms with E-state index in [1.807, 2.05) is 41.0 Å². The van der Waals surface area contributed by atoms with Gasteiger partial charge in [0.2, 0.25) is 5.91 Å². The van der Waals surface area contributed by atoms with E-state index in [1.165, 1.54) is 5.56 Å². The summed E-state index contributed by atoms with van der Waals surface area (Å²) in [5, 5.41) is 9.79. The van der Waals surface area contributed by atoms with Crippen molar-refractivity contribution >= 4 is 16.8 Å². The van der Waals surface area contributed by atoms with Gasteiger partial charge < -0.3 is 14.4 Å². The molecule has 1 aromatic carbocycles. The number of carbonyl (C=O) groups excluding carboxylic acids is 1. The highest BCUT2D eigenvalue weighted by atomic mass is 16.5. The first-order valence-electron chi connectivity index (χ1n) is 11.4. The first kappa shape index (κ1) is 19.7. The highest BCUT2D eigenvalue weighted by molar-refractivity contribution is 5.84. The van der Waals surface area contributed by atoms with Crippen LogP contribution < -0.4 is 4.74 Å². The lowest BCUT2D eigenvalue weighted by atomic mass is 10.00. The van der Waals surface area contributed by atoms with E-state index >= 15 is 0 Å². The maximum Gasteiger partial charge on any atom is 0.225 e. The Balaban J connectivity index is 1.18. The van der Waals surface area contributed by atoms with Crippen molar-refractivity contribution < 1.29 is 14.3 Å². The lowest BCUT2D eigenvalue weighted by molar-refractivity contribution is -0.128. The number of hydrogen-bond acceptors (Lipinski definition) is 6. The number of carbonyl (C=O) groups is 1. The van der Waals surface area contributed by atoms with Crippen LogP contribution in [0.3, 0.4) is 0 Å². The van der Waals surface area contributed by atoms with Crippen LogP contribution >= 0.6 is 0 Å². The molecule has 2 aliphatic heterocycles. The van der Waals surface area contributed by atoms with Gasteiger partial charge in [0.15, 0.2) is 0 Å². The minimum Gasteiger partial charge on any atom is -0.484 e. The summed E-state index contributed by atoms with van der Waals surface area (Å²) in [4.78, 5) is 19.0. The highest BCUT2D eigenvalue weighted by Crippen LogP contribution is 2.39. The third kappa shape index (κ3) is 3.43. The van der Waals surface area contributed by atoms with Crippen LogP contribution in [0.4, 0.5) is 0 Å². The maximum atomic E-state index is 12.4. The number of amides is 1. The van der Waals surface area contributed by atoms with Gasteiger partial charge in [-0.1, -0.05) is 12.1 Å². The molecule has 0 radical (unpaired) electrons. The fourth-order valence-electron chi connectivity index (χ4n) is 4.98. The van der Waals surface area contributed by atoms with E-state index in [4.69, 9.17) is 9.47 Å². The molecule has 1 saturated carbocycles. The van der Waals surface area contributed by atoms with Crippen molar-refractivity contribution in [3.8, 4) is 5.75 Å². The van der Waals surface area contributed by atoms with Gasteiger partial charge >= 0.3 is 0 Å². The van der Waals surface area contributed by atoms with Gasteiger partial charge in [0.25, 0.3) is 0 Å². The fraction of sp³-hybridized carbons (Fsp3) is 0.500. The first-order valence-corrected chi connectivity index (χ1v) is 11.4. The molecule has 0 spiro atoms. The standard InChI is InChI=1S/C24H27N5O3/c1-14-7-23(14)28-11-17(8-24(28)30)29-12-22(26-27-29)15(2)32-18-3-4-21-20(9-18)19-5-6-31-13-16(19)10-25-21/h3-4,9-10,12,14-15,17,23H,5-8,11,13H2,1-2H3/t14?,15-,17?,23?/m1/s1. The first-order chi connectivity index (χ1) is 15.6. The maximum absolute atomic E-state index is 12.4. The van der Waals surface area contributed by atoms with Gasteiger partial charge in [0, 0.05) is 24.2 Å². The second-order valence-electron chi connectivity index (χ2n) is 9.31. The van der Waals surface area contributed by atoms with Crippen molar-refractivity contribution in [2.45, 2.75) is 57.9 Å². The van der Waals surface area contributed by atoms with E-state index in [9.17, 15) is 4.79 Å². The van der Waals surface area contributed by atoms with Gasteiger partial charge in [-0.2, -0.15) is 0 Å². The van der Waals surface area contributed by atoms with Crippen LogP contribution in [0.25, 0.3) is 10.9 Å². The number of hydrogen-bond donors (Lipinski definition) is 0. The Labute approximate surface area is 186 Å². The van der Waals surface area contributed by atoms with Crippen molar-refractivity contribution in [2.75, 3.05) is 13.2 Å². The average molecular weight is 434 g/mol. The van der Waals surface area contributed by atoms with Gasteiger partial charge in [0.1, 0.15) is 17.5 Å². The van der Waals surface area contributed by atoms with Gasteiger partial charge in [-0.3, -0.25) is 9.78 Å². The van der Waals surface area contributed by atoms with Crippen LogP contribution in [0.5, 0.6) is 5.75 Å².